The number of esters is 1. The van der Waals surface area contributed by atoms with Crippen molar-refractivity contribution in [1.82, 2.24) is 5.01 Å². The second-order valence-electron chi connectivity index (χ2n) is 6.30. The number of hydrazone groups is 1. The average Bonchev–Trinajstić information content (AvgIpc) is 2.68. The van der Waals surface area contributed by atoms with Crippen LogP contribution in [0.5, 0.6) is 0 Å². The van der Waals surface area contributed by atoms with Crippen LogP contribution in [0.15, 0.2) is 23.3 Å². The molecule has 21 heavy (non-hydrogen) atoms. The standard InChI is InChI=1S/C16H22N2O3/c1-16(2,3)21-14(19)9-11-6-7-13-12(8-11)10-20-15(13)17-18(4)5/h6-8H,9-10H2,1-5H3/b17-15-. The van der Waals surface area contributed by atoms with Crippen LogP contribution in [-0.4, -0.2) is 36.6 Å². The zero-order valence-electron chi connectivity index (χ0n) is 13.3. The van der Waals surface area contributed by atoms with Crippen molar-refractivity contribution in [3.05, 3.63) is 34.9 Å². The Morgan fingerprint density at radius 2 is 2.10 bits per heavy atom. The Labute approximate surface area is 125 Å². The molecule has 114 valence electrons. The number of carbonyl (C=O) groups excluding carboxylic acids is 1. The lowest BCUT2D eigenvalue weighted by Gasteiger charge is -2.19. The molecule has 1 aliphatic rings. The first-order valence-corrected chi connectivity index (χ1v) is 6.97. The van der Waals surface area contributed by atoms with Gasteiger partial charge in [0, 0.05) is 25.2 Å². The molecule has 0 saturated heterocycles. The van der Waals surface area contributed by atoms with E-state index in [4.69, 9.17) is 9.47 Å². The van der Waals surface area contributed by atoms with Gasteiger partial charge in [-0.25, -0.2) is 0 Å². The maximum Gasteiger partial charge on any atom is 0.310 e. The fraction of sp³-hybridized carbons (Fsp3) is 0.500. The largest absolute Gasteiger partial charge is 0.471 e. The van der Waals surface area contributed by atoms with Crippen molar-refractivity contribution in [2.24, 2.45) is 5.10 Å². The first-order valence-electron chi connectivity index (χ1n) is 6.97. The molecule has 0 N–H and O–H groups in total. The Morgan fingerprint density at radius 1 is 1.38 bits per heavy atom. The van der Waals surface area contributed by atoms with Crippen molar-refractivity contribution in [2.45, 2.75) is 39.4 Å². The molecule has 0 aliphatic carbocycles. The molecule has 0 spiro atoms. The molecule has 1 aliphatic heterocycles. The fourth-order valence-corrected chi connectivity index (χ4v) is 2.12. The summed E-state index contributed by atoms with van der Waals surface area (Å²) in [5.74, 6) is 0.405. The minimum atomic E-state index is -0.456. The van der Waals surface area contributed by atoms with Crippen LogP contribution in [0.25, 0.3) is 0 Å². The minimum Gasteiger partial charge on any atom is -0.471 e. The molecule has 5 heteroatoms. The summed E-state index contributed by atoms with van der Waals surface area (Å²) < 4.78 is 10.9. The number of ether oxygens (including phenoxy) is 2. The lowest BCUT2D eigenvalue weighted by molar-refractivity contribution is -0.153. The number of hydrogen-bond donors (Lipinski definition) is 0. The van der Waals surface area contributed by atoms with E-state index in [1.165, 1.54) is 0 Å². The maximum absolute atomic E-state index is 11.9. The van der Waals surface area contributed by atoms with Crippen LogP contribution < -0.4 is 0 Å². The summed E-state index contributed by atoms with van der Waals surface area (Å²) in [6.45, 7) is 6.09. The Kier molecular flexibility index (Phi) is 4.21. The highest BCUT2D eigenvalue weighted by Crippen LogP contribution is 2.22. The van der Waals surface area contributed by atoms with E-state index in [9.17, 15) is 4.79 Å². The number of rotatable bonds is 3. The molecule has 0 amide bonds. The molecule has 0 bridgehead atoms. The molecule has 0 fully saturated rings. The second-order valence-corrected chi connectivity index (χ2v) is 6.30. The highest BCUT2D eigenvalue weighted by molar-refractivity contribution is 5.97. The summed E-state index contributed by atoms with van der Waals surface area (Å²) in [6.07, 6.45) is 0.269. The monoisotopic (exact) mass is 290 g/mol. The lowest BCUT2D eigenvalue weighted by Crippen LogP contribution is -2.24. The number of benzene rings is 1. The minimum absolute atomic E-state index is 0.219. The first kappa shape index (κ1) is 15.4. The van der Waals surface area contributed by atoms with Gasteiger partial charge in [0.2, 0.25) is 5.90 Å². The van der Waals surface area contributed by atoms with Gasteiger partial charge >= 0.3 is 5.97 Å². The highest BCUT2D eigenvalue weighted by atomic mass is 16.6. The molecular formula is C16H22N2O3. The van der Waals surface area contributed by atoms with Crippen molar-refractivity contribution >= 4 is 11.9 Å². The van der Waals surface area contributed by atoms with Crippen molar-refractivity contribution < 1.29 is 14.3 Å². The van der Waals surface area contributed by atoms with Gasteiger partial charge in [0.15, 0.2) is 0 Å². The van der Waals surface area contributed by atoms with Gasteiger partial charge in [-0.05, 0) is 32.4 Å². The molecule has 0 aromatic heterocycles. The predicted octanol–water partition coefficient (Wildman–Crippen LogP) is 2.32. The third-order valence-corrected chi connectivity index (χ3v) is 2.82. The Bertz CT molecular complexity index is 571. The summed E-state index contributed by atoms with van der Waals surface area (Å²) in [4.78, 5) is 11.9. The summed E-state index contributed by atoms with van der Waals surface area (Å²) in [5, 5.41) is 6.00. The SMILES string of the molecule is CN(C)/N=C1\OCc2cc(CC(=O)OC(C)(C)C)ccc21. The zero-order chi connectivity index (χ0) is 15.6. The first-order chi connectivity index (χ1) is 9.74. The normalized spacial score (nSPS) is 15.6. The van der Waals surface area contributed by atoms with Crippen molar-refractivity contribution in [2.75, 3.05) is 14.1 Å². The molecule has 0 saturated carbocycles. The van der Waals surface area contributed by atoms with Crippen LogP contribution in [0.3, 0.4) is 0 Å². The van der Waals surface area contributed by atoms with Crippen LogP contribution in [0, 0.1) is 0 Å². The van der Waals surface area contributed by atoms with Gasteiger partial charge in [0.1, 0.15) is 12.2 Å². The molecule has 2 rings (SSSR count). The van der Waals surface area contributed by atoms with Gasteiger partial charge in [0.25, 0.3) is 0 Å². The van der Waals surface area contributed by atoms with Crippen LogP contribution in [0.4, 0.5) is 0 Å². The summed E-state index contributed by atoms with van der Waals surface area (Å²) in [5.41, 5.74) is 2.51. The Balaban J connectivity index is 2.11. The van der Waals surface area contributed by atoms with Gasteiger partial charge in [0.05, 0.1) is 6.42 Å². The van der Waals surface area contributed by atoms with Crippen molar-refractivity contribution in [3.63, 3.8) is 0 Å². The molecule has 1 heterocycles. The summed E-state index contributed by atoms with van der Waals surface area (Å²) >= 11 is 0. The van der Waals surface area contributed by atoms with E-state index in [1.807, 2.05) is 53.1 Å². The van der Waals surface area contributed by atoms with Crippen LogP contribution in [0.1, 0.15) is 37.5 Å². The van der Waals surface area contributed by atoms with Crippen LogP contribution in [0.2, 0.25) is 0 Å². The second kappa shape index (κ2) is 5.76. The summed E-state index contributed by atoms with van der Waals surface area (Å²) in [7, 11) is 3.70. The van der Waals surface area contributed by atoms with Gasteiger partial charge in [-0.1, -0.05) is 12.1 Å². The molecule has 1 aromatic rings. The molecule has 0 radical (unpaired) electrons. The number of fused-ring (bicyclic) bond motifs is 1. The lowest BCUT2D eigenvalue weighted by atomic mass is 10.0. The molecule has 0 unspecified atom stereocenters. The summed E-state index contributed by atoms with van der Waals surface area (Å²) in [6, 6.07) is 5.85. The zero-order valence-corrected chi connectivity index (χ0v) is 13.3. The smallest absolute Gasteiger partial charge is 0.310 e. The fourth-order valence-electron chi connectivity index (χ4n) is 2.12. The number of carbonyl (C=O) groups is 1. The average molecular weight is 290 g/mol. The molecule has 1 aromatic carbocycles. The van der Waals surface area contributed by atoms with Gasteiger partial charge < -0.3 is 9.47 Å². The molecule has 5 nitrogen and oxygen atoms in total. The van der Waals surface area contributed by atoms with E-state index >= 15 is 0 Å². The van der Waals surface area contributed by atoms with Gasteiger partial charge in [-0.15, -0.1) is 5.10 Å². The topological polar surface area (TPSA) is 51.1 Å². The van der Waals surface area contributed by atoms with E-state index in [0.29, 0.717) is 12.5 Å². The van der Waals surface area contributed by atoms with Crippen molar-refractivity contribution in [1.29, 1.82) is 0 Å². The van der Waals surface area contributed by atoms with E-state index in [1.54, 1.807) is 5.01 Å². The Morgan fingerprint density at radius 3 is 2.71 bits per heavy atom. The van der Waals surface area contributed by atoms with E-state index < -0.39 is 5.60 Å². The third-order valence-electron chi connectivity index (χ3n) is 2.82. The molecular weight excluding hydrogens is 268 g/mol. The number of nitrogens with zero attached hydrogens (tertiary/aromatic N) is 2. The molecule has 0 atom stereocenters. The van der Waals surface area contributed by atoms with Crippen molar-refractivity contribution in [3.8, 4) is 0 Å². The third kappa shape index (κ3) is 4.21. The van der Waals surface area contributed by atoms with E-state index in [0.717, 1.165) is 16.7 Å². The van der Waals surface area contributed by atoms with Gasteiger partial charge in [-0.3, -0.25) is 9.80 Å². The highest BCUT2D eigenvalue weighted by Gasteiger charge is 2.21. The predicted molar refractivity (Wildman–Crippen MR) is 81.0 cm³/mol. The maximum atomic E-state index is 11.9. The van der Waals surface area contributed by atoms with E-state index in [-0.39, 0.29) is 12.4 Å². The number of hydrogen-bond acceptors (Lipinski definition) is 5. The van der Waals surface area contributed by atoms with Gasteiger partial charge in [-0.2, -0.15) is 0 Å². The van der Waals surface area contributed by atoms with Crippen LogP contribution >= 0.6 is 0 Å². The van der Waals surface area contributed by atoms with E-state index in [2.05, 4.69) is 5.10 Å². The Hall–Kier alpha value is -2.04. The van der Waals surface area contributed by atoms with Crippen LogP contribution in [-0.2, 0) is 27.3 Å². The quantitative estimate of drug-likeness (QED) is 0.633.